The molecule has 2 rings (SSSR count). The van der Waals surface area contributed by atoms with Gasteiger partial charge >= 0.3 is 6.03 Å². The van der Waals surface area contributed by atoms with Gasteiger partial charge in [0.15, 0.2) is 11.5 Å². The van der Waals surface area contributed by atoms with Gasteiger partial charge in [-0.05, 0) is 25.0 Å². The minimum Gasteiger partial charge on any atom is -0.493 e. The number of hydrogen-bond acceptors (Lipinski definition) is 3. The predicted octanol–water partition coefficient (Wildman–Crippen LogP) is 3.10. The topological polar surface area (TPSA) is 59.6 Å². The highest BCUT2D eigenvalue weighted by Gasteiger charge is 2.14. The third-order valence-corrected chi connectivity index (χ3v) is 3.90. The van der Waals surface area contributed by atoms with E-state index in [1.54, 1.807) is 7.11 Å². The molecule has 1 aromatic rings. The maximum Gasteiger partial charge on any atom is 0.315 e. The van der Waals surface area contributed by atoms with Crippen LogP contribution in [0.4, 0.5) is 4.79 Å². The molecule has 1 fully saturated rings. The average molecular weight is 306 g/mol. The van der Waals surface area contributed by atoms with E-state index in [1.165, 1.54) is 25.7 Å². The lowest BCUT2D eigenvalue weighted by molar-refractivity contribution is 0.230. The summed E-state index contributed by atoms with van der Waals surface area (Å²) in [6, 6.07) is 7.70. The molecule has 0 spiro atoms. The summed E-state index contributed by atoms with van der Waals surface area (Å²) < 4.78 is 10.8. The number of methoxy groups -OCH3 is 1. The van der Waals surface area contributed by atoms with E-state index in [0.717, 1.165) is 12.8 Å². The quantitative estimate of drug-likeness (QED) is 0.627. The average Bonchev–Trinajstić information content (AvgIpc) is 2.80. The minimum atomic E-state index is -0.101. The number of urea groups is 1. The molecule has 0 atom stereocenters. The van der Waals surface area contributed by atoms with Gasteiger partial charge in [0.2, 0.25) is 0 Å². The second-order valence-electron chi connectivity index (χ2n) is 5.59. The number of nitrogens with one attached hydrogen (secondary N) is 2. The van der Waals surface area contributed by atoms with Crippen LogP contribution in [0.1, 0.15) is 38.5 Å². The SMILES string of the molecule is COc1ccccc1OCCNC(=O)NC1CCCCCC1. The van der Waals surface area contributed by atoms with Gasteiger partial charge < -0.3 is 20.1 Å². The zero-order valence-corrected chi connectivity index (χ0v) is 13.3. The van der Waals surface area contributed by atoms with Crippen molar-refractivity contribution in [2.45, 2.75) is 44.6 Å². The van der Waals surface area contributed by atoms with Gasteiger partial charge in [-0.2, -0.15) is 0 Å². The molecule has 1 aliphatic rings. The maximum atomic E-state index is 11.9. The maximum absolute atomic E-state index is 11.9. The van der Waals surface area contributed by atoms with Crippen molar-refractivity contribution in [3.63, 3.8) is 0 Å². The smallest absolute Gasteiger partial charge is 0.315 e. The van der Waals surface area contributed by atoms with E-state index in [-0.39, 0.29) is 6.03 Å². The van der Waals surface area contributed by atoms with Gasteiger partial charge in [-0.3, -0.25) is 0 Å². The Morgan fingerprint density at radius 1 is 1.14 bits per heavy atom. The molecular weight excluding hydrogens is 280 g/mol. The lowest BCUT2D eigenvalue weighted by atomic mass is 10.1. The number of carbonyl (C=O) groups excluding carboxylic acids is 1. The standard InChI is InChI=1S/C17H26N2O3/c1-21-15-10-6-7-11-16(15)22-13-12-18-17(20)19-14-8-4-2-3-5-9-14/h6-7,10-11,14H,2-5,8-9,12-13H2,1H3,(H2,18,19,20). The molecule has 0 aliphatic heterocycles. The van der Waals surface area contributed by atoms with Crippen molar-refractivity contribution in [3.05, 3.63) is 24.3 Å². The Morgan fingerprint density at radius 2 is 1.82 bits per heavy atom. The van der Waals surface area contributed by atoms with Crippen LogP contribution in [0.25, 0.3) is 0 Å². The van der Waals surface area contributed by atoms with Gasteiger partial charge in [0.25, 0.3) is 0 Å². The molecule has 2 N–H and O–H groups in total. The second-order valence-corrected chi connectivity index (χ2v) is 5.59. The molecule has 5 nitrogen and oxygen atoms in total. The third kappa shape index (κ3) is 5.47. The van der Waals surface area contributed by atoms with Crippen LogP contribution in [0.2, 0.25) is 0 Å². The molecule has 0 heterocycles. The summed E-state index contributed by atoms with van der Waals surface area (Å²) in [4.78, 5) is 11.9. The molecule has 0 radical (unpaired) electrons. The van der Waals surface area contributed by atoms with Crippen molar-refractivity contribution in [2.24, 2.45) is 0 Å². The first-order valence-electron chi connectivity index (χ1n) is 8.10. The fourth-order valence-electron chi connectivity index (χ4n) is 2.72. The fraction of sp³-hybridized carbons (Fsp3) is 0.588. The highest BCUT2D eigenvalue weighted by molar-refractivity contribution is 5.74. The summed E-state index contributed by atoms with van der Waals surface area (Å²) in [5.74, 6) is 1.39. The van der Waals surface area contributed by atoms with Crippen molar-refractivity contribution in [3.8, 4) is 11.5 Å². The number of para-hydroxylation sites is 2. The number of hydrogen-bond donors (Lipinski definition) is 2. The zero-order valence-electron chi connectivity index (χ0n) is 13.3. The third-order valence-electron chi connectivity index (χ3n) is 3.90. The number of ether oxygens (including phenoxy) is 2. The summed E-state index contributed by atoms with van der Waals surface area (Å²) in [5, 5.41) is 5.89. The molecular formula is C17H26N2O3. The van der Waals surface area contributed by atoms with E-state index in [9.17, 15) is 4.79 Å². The van der Waals surface area contributed by atoms with Crippen molar-refractivity contribution in [2.75, 3.05) is 20.3 Å². The van der Waals surface area contributed by atoms with Crippen molar-refractivity contribution >= 4 is 6.03 Å². The molecule has 1 saturated carbocycles. The summed E-state index contributed by atoms with van der Waals surface area (Å²) in [6.07, 6.45) is 7.17. The van der Waals surface area contributed by atoms with E-state index < -0.39 is 0 Å². The Kier molecular flexibility index (Phi) is 6.87. The monoisotopic (exact) mass is 306 g/mol. The molecule has 1 aromatic carbocycles. The van der Waals surface area contributed by atoms with E-state index in [2.05, 4.69) is 10.6 Å². The molecule has 0 unspecified atom stereocenters. The molecule has 5 heteroatoms. The lowest BCUT2D eigenvalue weighted by Gasteiger charge is -2.17. The predicted molar refractivity (Wildman–Crippen MR) is 86.5 cm³/mol. The van der Waals surface area contributed by atoms with E-state index in [0.29, 0.717) is 30.7 Å². The van der Waals surface area contributed by atoms with E-state index in [4.69, 9.17) is 9.47 Å². The molecule has 2 amide bonds. The Labute approximate surface area is 132 Å². The molecule has 1 aliphatic carbocycles. The Bertz CT molecular complexity index is 457. The van der Waals surface area contributed by atoms with Crippen LogP contribution >= 0.6 is 0 Å². The lowest BCUT2D eigenvalue weighted by Crippen LogP contribution is -2.43. The van der Waals surface area contributed by atoms with Crippen LogP contribution < -0.4 is 20.1 Å². The Morgan fingerprint density at radius 3 is 2.50 bits per heavy atom. The number of carbonyl (C=O) groups is 1. The summed E-state index contributed by atoms with van der Waals surface area (Å²) >= 11 is 0. The van der Waals surface area contributed by atoms with Crippen LogP contribution in [0.3, 0.4) is 0 Å². The second kappa shape index (κ2) is 9.18. The number of rotatable bonds is 6. The van der Waals surface area contributed by atoms with Crippen LogP contribution in [0.15, 0.2) is 24.3 Å². The number of benzene rings is 1. The molecule has 122 valence electrons. The minimum absolute atomic E-state index is 0.101. The van der Waals surface area contributed by atoms with Crippen LogP contribution in [-0.4, -0.2) is 32.3 Å². The largest absolute Gasteiger partial charge is 0.493 e. The van der Waals surface area contributed by atoms with E-state index >= 15 is 0 Å². The van der Waals surface area contributed by atoms with E-state index in [1.807, 2.05) is 24.3 Å². The van der Waals surface area contributed by atoms with Crippen LogP contribution in [0.5, 0.6) is 11.5 Å². The summed E-state index contributed by atoms with van der Waals surface area (Å²) in [5.41, 5.74) is 0. The van der Waals surface area contributed by atoms with Crippen molar-refractivity contribution in [1.29, 1.82) is 0 Å². The Hall–Kier alpha value is -1.91. The fourth-order valence-corrected chi connectivity index (χ4v) is 2.72. The van der Waals surface area contributed by atoms with Gasteiger partial charge in [0.1, 0.15) is 6.61 Å². The van der Waals surface area contributed by atoms with Gasteiger partial charge in [-0.15, -0.1) is 0 Å². The van der Waals surface area contributed by atoms with Gasteiger partial charge in [0.05, 0.1) is 13.7 Å². The molecule has 0 bridgehead atoms. The summed E-state index contributed by atoms with van der Waals surface area (Å²) in [7, 11) is 1.61. The highest BCUT2D eigenvalue weighted by atomic mass is 16.5. The van der Waals surface area contributed by atoms with Crippen LogP contribution in [-0.2, 0) is 0 Å². The molecule has 0 saturated heterocycles. The summed E-state index contributed by atoms with van der Waals surface area (Å²) in [6.45, 7) is 0.884. The molecule has 22 heavy (non-hydrogen) atoms. The Balaban J connectivity index is 1.64. The van der Waals surface area contributed by atoms with Gasteiger partial charge in [-0.25, -0.2) is 4.79 Å². The first kappa shape index (κ1) is 16.5. The van der Waals surface area contributed by atoms with Gasteiger partial charge in [-0.1, -0.05) is 37.8 Å². The van der Waals surface area contributed by atoms with Crippen LogP contribution in [0, 0.1) is 0 Å². The first-order chi connectivity index (χ1) is 10.8. The van der Waals surface area contributed by atoms with Crippen molar-refractivity contribution < 1.29 is 14.3 Å². The normalized spacial score (nSPS) is 15.7. The first-order valence-corrected chi connectivity index (χ1v) is 8.10. The van der Waals surface area contributed by atoms with Crippen molar-refractivity contribution in [1.82, 2.24) is 10.6 Å². The van der Waals surface area contributed by atoms with Gasteiger partial charge in [0, 0.05) is 6.04 Å². The highest BCUT2D eigenvalue weighted by Crippen LogP contribution is 2.25. The zero-order chi connectivity index (χ0) is 15.6. The molecule has 0 aromatic heterocycles. The number of amides is 2.